The van der Waals surface area contributed by atoms with Crippen molar-refractivity contribution in [2.75, 3.05) is 0 Å². The van der Waals surface area contributed by atoms with Crippen LogP contribution in [0.25, 0.3) is 0 Å². The fraction of sp³-hybridized carbons (Fsp3) is 0. The van der Waals surface area contributed by atoms with Crippen molar-refractivity contribution >= 4 is 30.5 Å². The van der Waals surface area contributed by atoms with Gasteiger partial charge in [-0.15, -0.1) is 0 Å². The van der Waals surface area contributed by atoms with Crippen molar-refractivity contribution < 1.29 is 20.3 Å². The van der Waals surface area contributed by atoms with Crippen LogP contribution in [0.5, 0.6) is 0 Å². The van der Waals surface area contributed by atoms with E-state index in [1.807, 2.05) is 0 Å². The third kappa shape index (κ3) is 3.58. The van der Waals surface area contributed by atoms with Crippen molar-refractivity contribution in [1.29, 1.82) is 0 Å². The topological polar surface area (TPSA) is 0 Å². The van der Waals surface area contributed by atoms with E-state index in [2.05, 4.69) is 91.0 Å². The van der Waals surface area contributed by atoms with Gasteiger partial charge in [0, 0.05) is 0 Å². The molecule has 0 amide bonds. The van der Waals surface area contributed by atoms with Gasteiger partial charge in [-0.25, -0.2) is 0 Å². The van der Waals surface area contributed by atoms with Gasteiger partial charge in [-0.2, -0.15) is 0 Å². The summed E-state index contributed by atoms with van der Waals surface area (Å²) in [6, 6.07) is 33.0. The molecule has 0 radical (unpaired) electrons. The summed E-state index contributed by atoms with van der Waals surface area (Å²) in [7, 11) is 0. The number of benzene rings is 3. The third-order valence-corrected chi connectivity index (χ3v) is 12.4. The second-order valence-electron chi connectivity index (χ2n) is 4.67. The van der Waals surface area contributed by atoms with Crippen molar-refractivity contribution in [3.05, 3.63) is 91.0 Å². The molecule has 2 heteroatoms. The van der Waals surface area contributed by atoms with Gasteiger partial charge in [-0.05, 0) is 0 Å². The summed E-state index contributed by atoms with van der Waals surface area (Å²) in [6.07, 6.45) is 0. The van der Waals surface area contributed by atoms with Crippen molar-refractivity contribution in [1.82, 2.24) is 0 Å². The standard InChI is InChI=1S/3C6H5.Li.Sn.2H/c3*1-2-4-6-5-3-1;;;;/h3*1-5H;;;;/q;;;+1;;;-1. The van der Waals surface area contributed by atoms with Crippen molar-refractivity contribution in [2.24, 2.45) is 0 Å². The molecule has 0 aliphatic heterocycles. The van der Waals surface area contributed by atoms with E-state index in [1.54, 1.807) is 10.7 Å². The minimum absolute atomic E-state index is 0. The Morgan fingerprint density at radius 1 is 0.450 bits per heavy atom. The summed E-state index contributed by atoms with van der Waals surface area (Å²) in [4.78, 5) is 0. The van der Waals surface area contributed by atoms with Crippen molar-refractivity contribution in [2.45, 2.75) is 0 Å². The average Bonchev–Trinajstić information content (AvgIpc) is 2.51. The maximum atomic E-state index is 2.29. The first-order valence-corrected chi connectivity index (χ1v) is 11.5. The number of hydrogen-bond donors (Lipinski definition) is 0. The molecule has 0 aliphatic carbocycles. The van der Waals surface area contributed by atoms with Gasteiger partial charge in [-0.3, -0.25) is 0 Å². The molecule has 0 heterocycles. The van der Waals surface area contributed by atoms with E-state index in [0.29, 0.717) is 0 Å². The van der Waals surface area contributed by atoms with Crippen LogP contribution in [0.4, 0.5) is 0 Å². The number of rotatable bonds is 3. The molecule has 3 aromatic carbocycles. The summed E-state index contributed by atoms with van der Waals surface area (Å²) < 4.78 is 4.63. The molecule has 0 saturated heterocycles. The fourth-order valence-corrected chi connectivity index (χ4v) is 11.0. The Labute approximate surface area is 141 Å². The van der Waals surface area contributed by atoms with E-state index in [1.165, 1.54) is 0 Å². The van der Waals surface area contributed by atoms with Gasteiger partial charge in [-0.1, -0.05) is 0 Å². The van der Waals surface area contributed by atoms with Crippen molar-refractivity contribution in [3.63, 3.8) is 0 Å². The van der Waals surface area contributed by atoms with Gasteiger partial charge in [0.2, 0.25) is 0 Å². The molecule has 3 rings (SSSR count). The first kappa shape index (κ1) is 15.4. The van der Waals surface area contributed by atoms with Gasteiger partial charge >= 0.3 is 140 Å². The molecule has 0 nitrogen and oxygen atoms in total. The Bertz CT molecular complexity index is 535. The molecule has 0 spiro atoms. The van der Waals surface area contributed by atoms with E-state index in [0.717, 1.165) is 0 Å². The van der Waals surface area contributed by atoms with Crippen LogP contribution in [-0.2, 0) is 0 Å². The molecular formula is C18H17LiSn. The molecule has 0 bridgehead atoms. The first-order chi connectivity index (χ1) is 9.45. The molecule has 0 unspecified atom stereocenters. The first-order valence-electron chi connectivity index (χ1n) is 6.60. The third-order valence-electron chi connectivity index (χ3n) is 3.40. The summed E-state index contributed by atoms with van der Waals surface area (Å²) in [5, 5.41) is 0. The predicted octanol–water partition coefficient (Wildman–Crippen LogP) is -0.948. The predicted molar refractivity (Wildman–Crippen MR) is 86.5 cm³/mol. The SMILES string of the molecule is [H-].[Li+].c1cc[c]([SnH]([c]2ccccc2)[c]2ccccc2)cc1. The second-order valence-corrected chi connectivity index (χ2v) is 12.8. The molecule has 0 saturated carbocycles. The van der Waals surface area contributed by atoms with Gasteiger partial charge in [0.25, 0.3) is 0 Å². The van der Waals surface area contributed by atoms with Gasteiger partial charge < -0.3 is 1.43 Å². The molecule has 0 aromatic heterocycles. The van der Waals surface area contributed by atoms with Crippen LogP contribution in [0, 0.1) is 0 Å². The van der Waals surface area contributed by atoms with E-state index < -0.39 is 19.8 Å². The Kier molecular flexibility index (Phi) is 5.97. The van der Waals surface area contributed by atoms with Gasteiger partial charge in [0.15, 0.2) is 0 Å². The molecule has 3 aromatic rings. The average molecular weight is 359 g/mol. The second kappa shape index (κ2) is 7.74. The molecule has 94 valence electrons. The van der Waals surface area contributed by atoms with E-state index in [9.17, 15) is 0 Å². The summed E-state index contributed by atoms with van der Waals surface area (Å²) in [5.41, 5.74) is 0. The Morgan fingerprint density at radius 3 is 0.950 bits per heavy atom. The zero-order valence-electron chi connectivity index (χ0n) is 12.7. The molecule has 0 fully saturated rings. The zero-order chi connectivity index (χ0) is 12.9. The van der Waals surface area contributed by atoms with Crippen molar-refractivity contribution in [3.8, 4) is 0 Å². The Balaban J connectivity index is 0.00000110. The maximum absolute atomic E-state index is 2.29. The fourth-order valence-electron chi connectivity index (χ4n) is 2.51. The zero-order valence-corrected chi connectivity index (χ0v) is 15.0. The normalized spacial score (nSPS) is 10.1. The molecule has 0 N–H and O–H groups in total. The molecule has 0 aliphatic rings. The summed E-state index contributed by atoms with van der Waals surface area (Å²) in [6.45, 7) is 0. The molecule has 20 heavy (non-hydrogen) atoms. The molecule has 0 atom stereocenters. The van der Waals surface area contributed by atoms with Crippen LogP contribution in [0.2, 0.25) is 0 Å². The monoisotopic (exact) mass is 360 g/mol. The minimum atomic E-state index is -2.14. The van der Waals surface area contributed by atoms with E-state index in [-0.39, 0.29) is 20.3 Å². The van der Waals surface area contributed by atoms with Crippen LogP contribution in [0.1, 0.15) is 1.43 Å². The van der Waals surface area contributed by atoms with Crippen LogP contribution < -0.4 is 29.6 Å². The Morgan fingerprint density at radius 2 is 0.700 bits per heavy atom. The summed E-state index contributed by atoms with van der Waals surface area (Å²) in [5.74, 6) is 0. The van der Waals surface area contributed by atoms with Gasteiger partial charge in [0.1, 0.15) is 0 Å². The Hall–Kier alpha value is -0.944. The van der Waals surface area contributed by atoms with Crippen LogP contribution in [-0.4, -0.2) is 19.8 Å². The van der Waals surface area contributed by atoms with Crippen LogP contribution in [0.15, 0.2) is 91.0 Å². The number of hydrogen-bond acceptors (Lipinski definition) is 0. The van der Waals surface area contributed by atoms with E-state index in [4.69, 9.17) is 0 Å². The van der Waals surface area contributed by atoms with E-state index >= 15 is 0 Å². The van der Waals surface area contributed by atoms with Gasteiger partial charge in [0.05, 0.1) is 0 Å². The van der Waals surface area contributed by atoms with Crippen LogP contribution >= 0.6 is 0 Å². The van der Waals surface area contributed by atoms with Crippen LogP contribution in [0.3, 0.4) is 0 Å². The summed E-state index contributed by atoms with van der Waals surface area (Å²) >= 11 is -2.14. The quantitative estimate of drug-likeness (QED) is 0.530. The molecular weight excluding hydrogens is 342 g/mol.